The van der Waals surface area contributed by atoms with Crippen molar-refractivity contribution >= 4 is 29.1 Å². The van der Waals surface area contributed by atoms with Crippen molar-refractivity contribution in [3.8, 4) is 5.75 Å². The van der Waals surface area contributed by atoms with Crippen LogP contribution in [0.2, 0.25) is 0 Å². The van der Waals surface area contributed by atoms with Crippen molar-refractivity contribution in [2.45, 2.75) is 13.0 Å². The highest BCUT2D eigenvalue weighted by Gasteiger charge is 2.16. The predicted molar refractivity (Wildman–Crippen MR) is 105 cm³/mol. The minimum Gasteiger partial charge on any atom is -0.491 e. The number of aliphatic hydroxyl groups is 1. The van der Waals surface area contributed by atoms with Crippen LogP contribution in [0.1, 0.15) is 6.92 Å². The summed E-state index contributed by atoms with van der Waals surface area (Å²) in [5.41, 5.74) is 12.6. The van der Waals surface area contributed by atoms with Gasteiger partial charge < -0.3 is 30.9 Å². The van der Waals surface area contributed by atoms with E-state index in [1.807, 2.05) is 30.3 Å². The number of aromatic nitrogens is 1. The van der Waals surface area contributed by atoms with E-state index in [0.717, 1.165) is 0 Å². The highest BCUT2D eigenvalue weighted by atomic mass is 16.5. The van der Waals surface area contributed by atoms with Crippen molar-refractivity contribution in [1.82, 2.24) is 4.98 Å². The molecule has 146 valence electrons. The monoisotopic (exact) mass is 375 g/mol. The van der Waals surface area contributed by atoms with Gasteiger partial charge >= 0.3 is 6.09 Å². The predicted octanol–water partition coefficient (Wildman–Crippen LogP) is 1.69. The Kier molecular flexibility index (Phi) is 7.07. The van der Waals surface area contributed by atoms with Gasteiger partial charge in [-0.15, -0.1) is 0 Å². The summed E-state index contributed by atoms with van der Waals surface area (Å²) in [7, 11) is 1.74. The fourth-order valence-electron chi connectivity index (χ4n) is 2.39. The molecule has 9 nitrogen and oxygen atoms in total. The van der Waals surface area contributed by atoms with Gasteiger partial charge in [0.1, 0.15) is 24.3 Å². The average Bonchev–Trinajstić information content (AvgIpc) is 2.63. The number of carbonyl (C=O) groups is 1. The normalized spacial score (nSPS) is 11.5. The molecule has 0 aliphatic heterocycles. The smallest absolute Gasteiger partial charge is 0.412 e. The van der Waals surface area contributed by atoms with E-state index >= 15 is 0 Å². The van der Waals surface area contributed by atoms with E-state index in [9.17, 15) is 9.90 Å². The summed E-state index contributed by atoms with van der Waals surface area (Å²) in [5.74, 6) is 0.950. The molecule has 1 unspecified atom stereocenters. The van der Waals surface area contributed by atoms with E-state index in [2.05, 4.69) is 10.3 Å². The molecule has 2 aromatic rings. The van der Waals surface area contributed by atoms with E-state index in [4.69, 9.17) is 20.9 Å². The van der Waals surface area contributed by atoms with Crippen molar-refractivity contribution in [3.05, 3.63) is 36.4 Å². The van der Waals surface area contributed by atoms with Gasteiger partial charge in [0.25, 0.3) is 0 Å². The number of aliphatic hydroxyl groups excluding tert-OH is 1. The molecule has 0 spiro atoms. The lowest BCUT2D eigenvalue weighted by molar-refractivity contribution is 0.113. The lowest BCUT2D eigenvalue weighted by Gasteiger charge is -2.25. The average molecular weight is 375 g/mol. The molecule has 9 heteroatoms. The zero-order valence-electron chi connectivity index (χ0n) is 15.4. The summed E-state index contributed by atoms with van der Waals surface area (Å²) >= 11 is 0. The molecule has 0 saturated carbocycles. The van der Waals surface area contributed by atoms with E-state index in [1.165, 1.54) is 0 Å². The van der Waals surface area contributed by atoms with Crippen LogP contribution >= 0.6 is 0 Å². The standard InChI is InChI=1S/C18H25N5O4/c1-3-26-18(25)22-15-9-14(16(19)17(20)21-15)23(2)10-12(24)11-27-13-7-5-4-6-8-13/h4-9,12,24H,3,10-11,19H2,1-2H3,(H3,20,21,22,25). The number of nitrogens with zero attached hydrogens (tertiary/aromatic N) is 2. The fraction of sp³-hybridized carbons (Fsp3) is 0.333. The van der Waals surface area contributed by atoms with Gasteiger partial charge in [-0.2, -0.15) is 0 Å². The Labute approximate surface area is 157 Å². The van der Waals surface area contributed by atoms with E-state index < -0.39 is 12.2 Å². The number of nitrogens with two attached hydrogens (primary N) is 2. The summed E-state index contributed by atoms with van der Waals surface area (Å²) in [6, 6.07) is 10.8. The molecule has 0 bridgehead atoms. The number of benzene rings is 1. The highest BCUT2D eigenvalue weighted by molar-refractivity contribution is 5.87. The Morgan fingerprint density at radius 3 is 2.70 bits per heavy atom. The number of carbonyl (C=O) groups excluding carboxylic acids is 1. The second kappa shape index (κ2) is 9.48. The van der Waals surface area contributed by atoms with Crippen LogP contribution in [0.15, 0.2) is 36.4 Å². The summed E-state index contributed by atoms with van der Waals surface area (Å²) in [6.07, 6.45) is -1.41. The first-order valence-corrected chi connectivity index (χ1v) is 8.47. The van der Waals surface area contributed by atoms with E-state index in [1.54, 1.807) is 24.9 Å². The van der Waals surface area contributed by atoms with Crippen molar-refractivity contribution < 1.29 is 19.4 Å². The number of nitrogens with one attached hydrogen (secondary N) is 1. The van der Waals surface area contributed by atoms with Gasteiger partial charge in [0.15, 0.2) is 5.82 Å². The van der Waals surface area contributed by atoms with Crippen LogP contribution in [-0.2, 0) is 4.74 Å². The summed E-state index contributed by atoms with van der Waals surface area (Å²) < 4.78 is 10.4. The zero-order chi connectivity index (χ0) is 19.8. The van der Waals surface area contributed by atoms with Gasteiger partial charge in [0.05, 0.1) is 18.0 Å². The first-order chi connectivity index (χ1) is 12.9. The minimum absolute atomic E-state index is 0.0705. The van der Waals surface area contributed by atoms with Crippen LogP contribution < -0.4 is 26.4 Å². The Bertz CT molecular complexity index is 757. The SMILES string of the molecule is CCOC(=O)Nc1cc(N(C)CC(O)COc2ccccc2)c(N)c(N)n1. The highest BCUT2D eigenvalue weighted by Crippen LogP contribution is 2.29. The molecule has 0 fully saturated rings. The van der Waals surface area contributed by atoms with Crippen molar-refractivity contribution in [1.29, 1.82) is 0 Å². The quantitative estimate of drug-likeness (QED) is 0.547. The van der Waals surface area contributed by atoms with Gasteiger partial charge in [-0.05, 0) is 19.1 Å². The number of para-hydroxylation sites is 1. The third-order valence-corrected chi connectivity index (χ3v) is 3.65. The molecule has 1 amide bonds. The molecule has 27 heavy (non-hydrogen) atoms. The Morgan fingerprint density at radius 1 is 1.33 bits per heavy atom. The number of rotatable bonds is 8. The molecule has 6 N–H and O–H groups in total. The molecular formula is C18H25N5O4. The van der Waals surface area contributed by atoms with Gasteiger partial charge in [0, 0.05) is 19.7 Å². The fourth-order valence-corrected chi connectivity index (χ4v) is 2.39. The van der Waals surface area contributed by atoms with Crippen LogP contribution in [0.25, 0.3) is 0 Å². The molecule has 1 heterocycles. The second-order valence-corrected chi connectivity index (χ2v) is 5.83. The van der Waals surface area contributed by atoms with Gasteiger partial charge in [-0.3, -0.25) is 5.32 Å². The maximum Gasteiger partial charge on any atom is 0.412 e. The lowest BCUT2D eigenvalue weighted by Crippen LogP contribution is -2.33. The third kappa shape index (κ3) is 5.93. The van der Waals surface area contributed by atoms with Crippen LogP contribution in [0, 0.1) is 0 Å². The number of nitrogen functional groups attached to an aromatic ring is 2. The first-order valence-electron chi connectivity index (χ1n) is 8.47. The van der Waals surface area contributed by atoms with Crippen LogP contribution in [0.3, 0.4) is 0 Å². The van der Waals surface area contributed by atoms with E-state index in [-0.39, 0.29) is 37.1 Å². The maximum absolute atomic E-state index is 11.6. The second-order valence-electron chi connectivity index (χ2n) is 5.83. The zero-order valence-corrected chi connectivity index (χ0v) is 15.4. The molecule has 1 atom stereocenters. The Balaban J connectivity index is 2.02. The molecule has 0 radical (unpaired) electrons. The number of amides is 1. The van der Waals surface area contributed by atoms with Gasteiger partial charge in [-0.25, -0.2) is 9.78 Å². The van der Waals surface area contributed by atoms with Gasteiger partial charge in [-0.1, -0.05) is 18.2 Å². The lowest BCUT2D eigenvalue weighted by atomic mass is 10.2. The topological polar surface area (TPSA) is 136 Å². The molecule has 0 saturated heterocycles. The largest absolute Gasteiger partial charge is 0.491 e. The van der Waals surface area contributed by atoms with Crippen LogP contribution in [0.5, 0.6) is 5.75 Å². The third-order valence-electron chi connectivity index (χ3n) is 3.65. The van der Waals surface area contributed by atoms with Crippen LogP contribution in [-0.4, -0.2) is 49.1 Å². The minimum atomic E-state index is -0.773. The molecule has 1 aromatic carbocycles. The number of hydrogen-bond donors (Lipinski definition) is 4. The Morgan fingerprint density at radius 2 is 2.04 bits per heavy atom. The molecule has 1 aromatic heterocycles. The number of pyridine rings is 1. The number of hydrogen-bond acceptors (Lipinski definition) is 8. The number of anilines is 4. The van der Waals surface area contributed by atoms with E-state index in [0.29, 0.717) is 11.4 Å². The summed E-state index contributed by atoms with van der Waals surface area (Å²) in [6.45, 7) is 2.28. The van der Waals surface area contributed by atoms with Crippen molar-refractivity contribution in [2.24, 2.45) is 0 Å². The van der Waals surface area contributed by atoms with Crippen LogP contribution in [0.4, 0.5) is 27.8 Å². The van der Waals surface area contributed by atoms with Crippen molar-refractivity contribution in [2.75, 3.05) is 48.5 Å². The molecule has 2 rings (SSSR count). The Hall–Kier alpha value is -3.20. The molecule has 0 aliphatic rings. The maximum atomic E-state index is 11.6. The summed E-state index contributed by atoms with van der Waals surface area (Å²) in [4.78, 5) is 17.3. The first kappa shape index (κ1) is 20.1. The van der Waals surface area contributed by atoms with Crippen molar-refractivity contribution in [3.63, 3.8) is 0 Å². The molecule has 0 aliphatic carbocycles. The number of ether oxygens (including phenoxy) is 2. The summed E-state index contributed by atoms with van der Waals surface area (Å²) in [5, 5.41) is 12.7. The van der Waals surface area contributed by atoms with Gasteiger partial charge in [0.2, 0.25) is 0 Å². The number of likely N-dealkylation sites (N-methyl/N-ethyl adjacent to an activating group) is 1. The molecular weight excluding hydrogens is 350 g/mol.